The Morgan fingerprint density at radius 1 is 0.903 bits per heavy atom. The summed E-state index contributed by atoms with van der Waals surface area (Å²) in [6.45, 7) is 4.27. The van der Waals surface area contributed by atoms with Crippen LogP contribution in [-0.2, 0) is 13.0 Å². The Hall–Kier alpha value is -3.11. The van der Waals surface area contributed by atoms with Gasteiger partial charge in [-0.25, -0.2) is 0 Å². The number of amides is 1. The fourth-order valence-electron chi connectivity index (χ4n) is 4.89. The van der Waals surface area contributed by atoms with Crippen molar-refractivity contribution in [2.75, 3.05) is 26.2 Å². The molecule has 31 heavy (non-hydrogen) atoms. The molecule has 4 heteroatoms. The lowest BCUT2D eigenvalue weighted by Gasteiger charge is -2.18. The number of hydrogen-bond acceptors (Lipinski definition) is 3. The van der Waals surface area contributed by atoms with Crippen LogP contribution in [0.2, 0.25) is 0 Å². The lowest BCUT2D eigenvalue weighted by atomic mass is 9.87. The summed E-state index contributed by atoms with van der Waals surface area (Å²) in [5.74, 6) is 1.60. The van der Waals surface area contributed by atoms with E-state index < -0.39 is 0 Å². The Labute approximate surface area is 183 Å². The molecule has 0 aromatic heterocycles. The zero-order valence-electron chi connectivity index (χ0n) is 17.7. The molecule has 0 radical (unpaired) electrons. The first-order valence-corrected chi connectivity index (χ1v) is 11.1. The van der Waals surface area contributed by atoms with Gasteiger partial charge in [-0.05, 0) is 34.7 Å². The summed E-state index contributed by atoms with van der Waals surface area (Å²) >= 11 is 0. The highest BCUT2D eigenvalue weighted by Crippen LogP contribution is 2.37. The molecule has 3 aromatic rings. The van der Waals surface area contributed by atoms with Crippen molar-refractivity contribution >= 4 is 5.91 Å². The number of likely N-dealkylation sites (tertiary alicyclic amines) is 1. The van der Waals surface area contributed by atoms with Crippen LogP contribution >= 0.6 is 0 Å². The number of hydrogen-bond donors (Lipinski definition) is 1. The van der Waals surface area contributed by atoms with Crippen LogP contribution in [0.3, 0.4) is 0 Å². The van der Waals surface area contributed by atoms with E-state index in [1.165, 1.54) is 11.1 Å². The van der Waals surface area contributed by atoms with E-state index in [1.54, 1.807) is 0 Å². The first-order valence-electron chi connectivity index (χ1n) is 11.1. The van der Waals surface area contributed by atoms with E-state index in [9.17, 15) is 4.79 Å². The van der Waals surface area contributed by atoms with E-state index in [0.717, 1.165) is 49.5 Å². The van der Waals surface area contributed by atoms with Crippen molar-refractivity contribution in [3.8, 4) is 5.75 Å². The number of carbonyl (C=O) groups is 1. The molecular weight excluding hydrogens is 384 g/mol. The van der Waals surface area contributed by atoms with Gasteiger partial charge in [0.25, 0.3) is 5.91 Å². The monoisotopic (exact) mass is 412 g/mol. The molecule has 2 atom stereocenters. The van der Waals surface area contributed by atoms with Gasteiger partial charge in [0.05, 0.1) is 6.61 Å². The van der Waals surface area contributed by atoms with Crippen molar-refractivity contribution in [3.05, 3.63) is 101 Å². The summed E-state index contributed by atoms with van der Waals surface area (Å²) in [6, 6.07) is 27.0. The van der Waals surface area contributed by atoms with E-state index in [4.69, 9.17) is 4.74 Å². The van der Waals surface area contributed by atoms with E-state index in [0.29, 0.717) is 18.4 Å². The standard InChI is InChI=1S/C27H28N2O2/c30-27-25-15-23(31-14-13-20-7-3-1-4-8-20)11-12-24(25)26-19-29(18-22(26)16-28-27)17-21-9-5-2-6-10-21/h1-12,15,22,26H,13-14,16-19H2,(H,28,30)/t22-,26?/m0/s1. The number of fused-ring (bicyclic) bond motifs is 3. The topological polar surface area (TPSA) is 41.6 Å². The van der Waals surface area contributed by atoms with Gasteiger partial charge in [-0.15, -0.1) is 0 Å². The zero-order valence-corrected chi connectivity index (χ0v) is 17.7. The number of nitrogens with zero attached hydrogens (tertiary/aromatic N) is 1. The Morgan fingerprint density at radius 3 is 2.42 bits per heavy atom. The average Bonchev–Trinajstić information content (AvgIpc) is 3.16. The van der Waals surface area contributed by atoms with E-state index >= 15 is 0 Å². The second kappa shape index (κ2) is 8.94. The Balaban J connectivity index is 1.29. The molecule has 3 aromatic carbocycles. The number of rotatable bonds is 6. The van der Waals surface area contributed by atoms with Crippen LogP contribution in [0.1, 0.15) is 33.0 Å². The average molecular weight is 413 g/mol. The van der Waals surface area contributed by atoms with Crippen molar-refractivity contribution < 1.29 is 9.53 Å². The lowest BCUT2D eigenvalue weighted by Crippen LogP contribution is -2.29. The largest absolute Gasteiger partial charge is 0.493 e. The molecule has 0 bridgehead atoms. The van der Waals surface area contributed by atoms with Gasteiger partial charge in [0.1, 0.15) is 5.75 Å². The van der Waals surface area contributed by atoms with Crippen molar-refractivity contribution in [1.82, 2.24) is 10.2 Å². The summed E-state index contributed by atoms with van der Waals surface area (Å²) < 4.78 is 5.99. The third-order valence-electron chi connectivity index (χ3n) is 6.46. The summed E-state index contributed by atoms with van der Waals surface area (Å²) in [5.41, 5.74) is 4.52. The highest BCUT2D eigenvalue weighted by Gasteiger charge is 2.38. The minimum absolute atomic E-state index is 0.0209. The van der Waals surface area contributed by atoms with Gasteiger partial charge in [0.2, 0.25) is 0 Å². The van der Waals surface area contributed by atoms with E-state index in [2.05, 4.69) is 58.7 Å². The molecule has 2 aliphatic rings. The molecule has 5 rings (SSSR count). The molecule has 1 unspecified atom stereocenters. The molecule has 2 heterocycles. The molecule has 1 fully saturated rings. The fourth-order valence-corrected chi connectivity index (χ4v) is 4.89. The molecule has 1 amide bonds. The second-order valence-electron chi connectivity index (χ2n) is 8.59. The van der Waals surface area contributed by atoms with E-state index in [-0.39, 0.29) is 5.91 Å². The minimum atomic E-state index is 0.0209. The maximum Gasteiger partial charge on any atom is 0.251 e. The van der Waals surface area contributed by atoms with Gasteiger partial charge < -0.3 is 10.1 Å². The quantitative estimate of drug-likeness (QED) is 0.658. The van der Waals surface area contributed by atoms with Crippen LogP contribution in [0.4, 0.5) is 0 Å². The summed E-state index contributed by atoms with van der Waals surface area (Å²) in [7, 11) is 0. The Morgan fingerprint density at radius 2 is 1.65 bits per heavy atom. The minimum Gasteiger partial charge on any atom is -0.493 e. The third-order valence-corrected chi connectivity index (χ3v) is 6.46. The van der Waals surface area contributed by atoms with Gasteiger partial charge in [-0.1, -0.05) is 66.7 Å². The molecule has 0 aliphatic carbocycles. The number of carbonyl (C=O) groups excluding carboxylic acids is 1. The number of ether oxygens (including phenoxy) is 1. The van der Waals surface area contributed by atoms with Crippen LogP contribution in [0.5, 0.6) is 5.75 Å². The summed E-state index contributed by atoms with van der Waals surface area (Å²) in [4.78, 5) is 15.3. The first kappa shape index (κ1) is 19.8. The molecular formula is C27H28N2O2. The molecule has 1 N–H and O–H groups in total. The van der Waals surface area contributed by atoms with Gasteiger partial charge in [-0.2, -0.15) is 0 Å². The van der Waals surface area contributed by atoms with Crippen molar-refractivity contribution in [1.29, 1.82) is 0 Å². The summed E-state index contributed by atoms with van der Waals surface area (Å²) in [6.07, 6.45) is 0.850. The molecule has 1 saturated heterocycles. The molecule has 0 spiro atoms. The lowest BCUT2D eigenvalue weighted by molar-refractivity contribution is 0.0950. The second-order valence-corrected chi connectivity index (χ2v) is 8.59. The molecule has 158 valence electrons. The van der Waals surface area contributed by atoms with E-state index in [1.807, 2.05) is 30.3 Å². The first-order chi connectivity index (χ1) is 15.3. The highest BCUT2D eigenvalue weighted by atomic mass is 16.5. The van der Waals surface area contributed by atoms with Gasteiger partial charge in [-0.3, -0.25) is 9.69 Å². The van der Waals surface area contributed by atoms with Crippen molar-refractivity contribution in [3.63, 3.8) is 0 Å². The molecule has 2 aliphatic heterocycles. The number of nitrogens with one attached hydrogen (secondary N) is 1. The maximum absolute atomic E-state index is 12.8. The van der Waals surface area contributed by atoms with Gasteiger partial charge in [0.15, 0.2) is 0 Å². The van der Waals surface area contributed by atoms with Gasteiger partial charge >= 0.3 is 0 Å². The molecule has 4 nitrogen and oxygen atoms in total. The SMILES string of the molecule is O=C1NC[C@H]2CN(Cc3ccccc3)CC2c2ccc(OCCc3ccccc3)cc21. The number of benzene rings is 3. The van der Waals surface area contributed by atoms with Crippen LogP contribution in [0.25, 0.3) is 0 Å². The highest BCUT2D eigenvalue weighted by molar-refractivity contribution is 5.96. The smallest absolute Gasteiger partial charge is 0.251 e. The predicted molar refractivity (Wildman–Crippen MR) is 122 cm³/mol. The Kier molecular flexibility index (Phi) is 5.72. The fraction of sp³-hybridized carbons (Fsp3) is 0.296. The van der Waals surface area contributed by atoms with Crippen molar-refractivity contribution in [2.45, 2.75) is 18.9 Å². The van der Waals surface area contributed by atoms with Gasteiger partial charge in [0, 0.05) is 44.1 Å². The summed E-state index contributed by atoms with van der Waals surface area (Å²) in [5, 5.41) is 3.14. The third kappa shape index (κ3) is 4.49. The van der Waals surface area contributed by atoms with Crippen LogP contribution in [-0.4, -0.2) is 37.0 Å². The molecule has 0 saturated carbocycles. The van der Waals surface area contributed by atoms with Crippen LogP contribution in [0, 0.1) is 5.92 Å². The predicted octanol–water partition coefficient (Wildman–Crippen LogP) is 4.27. The van der Waals surface area contributed by atoms with Crippen LogP contribution < -0.4 is 10.1 Å². The Bertz CT molecular complexity index is 1040. The van der Waals surface area contributed by atoms with Crippen LogP contribution in [0.15, 0.2) is 78.9 Å². The normalized spacial score (nSPS) is 20.5. The maximum atomic E-state index is 12.8. The zero-order chi connectivity index (χ0) is 21.0. The van der Waals surface area contributed by atoms with Crippen molar-refractivity contribution in [2.24, 2.45) is 5.92 Å².